The molecule has 1 aromatic carbocycles. The number of carbonyl (C=O) groups excluding carboxylic acids is 2. The van der Waals surface area contributed by atoms with Gasteiger partial charge in [0, 0.05) is 13.8 Å². The minimum absolute atomic E-state index is 0.130. The van der Waals surface area contributed by atoms with Crippen molar-refractivity contribution in [1.82, 2.24) is 0 Å². The minimum Gasteiger partial charge on any atom is -0.457 e. The van der Waals surface area contributed by atoms with Gasteiger partial charge in [0.2, 0.25) is 0 Å². The van der Waals surface area contributed by atoms with Crippen LogP contribution in [0.2, 0.25) is 0 Å². The molecule has 25 heavy (non-hydrogen) atoms. The van der Waals surface area contributed by atoms with E-state index in [1.54, 1.807) is 0 Å². The molecule has 1 aliphatic heterocycles. The lowest BCUT2D eigenvalue weighted by molar-refractivity contribution is -0.261. The van der Waals surface area contributed by atoms with Crippen LogP contribution in [-0.2, 0) is 35.1 Å². The quantitative estimate of drug-likeness (QED) is 0.572. The Balaban J connectivity index is 1.99. The summed E-state index contributed by atoms with van der Waals surface area (Å²) in [6.45, 7) is 2.92. The molecule has 1 saturated heterocycles. The van der Waals surface area contributed by atoms with Crippen molar-refractivity contribution in [1.29, 1.82) is 0 Å². The van der Waals surface area contributed by atoms with E-state index in [1.165, 1.54) is 13.8 Å². The largest absolute Gasteiger partial charge is 0.457 e. The van der Waals surface area contributed by atoms with E-state index < -0.39 is 41.8 Å². The zero-order chi connectivity index (χ0) is 18.4. The first kappa shape index (κ1) is 19.7. The van der Waals surface area contributed by atoms with Crippen molar-refractivity contribution >= 4 is 24.6 Å². The third kappa shape index (κ3) is 5.71. The van der Waals surface area contributed by atoms with Crippen LogP contribution in [-0.4, -0.2) is 53.5 Å². The summed E-state index contributed by atoms with van der Waals surface area (Å²) in [6, 6.07) is 9.57. The highest BCUT2D eigenvalue weighted by atomic mass is 32.1. The molecule has 5 atom stereocenters. The average molecular weight is 370 g/mol. The summed E-state index contributed by atoms with van der Waals surface area (Å²) in [5.41, 5.74) is 0.990. The predicted molar refractivity (Wildman–Crippen MR) is 90.9 cm³/mol. The molecule has 1 aromatic rings. The van der Waals surface area contributed by atoms with Crippen molar-refractivity contribution in [3.8, 4) is 0 Å². The number of aliphatic hydroxyl groups is 1. The first-order valence-corrected chi connectivity index (χ1v) is 8.38. The van der Waals surface area contributed by atoms with Crippen LogP contribution in [0.4, 0.5) is 0 Å². The maximum Gasteiger partial charge on any atom is 0.303 e. The number of thiol groups is 1. The highest BCUT2D eigenvalue weighted by Gasteiger charge is 2.48. The lowest BCUT2D eigenvalue weighted by Gasteiger charge is -2.41. The summed E-state index contributed by atoms with van der Waals surface area (Å²) < 4.78 is 21.3. The van der Waals surface area contributed by atoms with E-state index >= 15 is 0 Å². The molecule has 0 saturated carbocycles. The van der Waals surface area contributed by atoms with Crippen LogP contribution in [0, 0.1) is 0 Å². The summed E-state index contributed by atoms with van der Waals surface area (Å²) >= 11 is 4.42. The Morgan fingerprint density at radius 2 is 1.72 bits per heavy atom. The Morgan fingerprint density at radius 1 is 1.12 bits per heavy atom. The van der Waals surface area contributed by atoms with Crippen LogP contribution in [0.1, 0.15) is 19.4 Å². The zero-order valence-corrected chi connectivity index (χ0v) is 14.9. The molecule has 1 fully saturated rings. The number of carbonyl (C=O) groups is 2. The maximum absolute atomic E-state index is 11.4. The van der Waals surface area contributed by atoms with Gasteiger partial charge in [-0.15, -0.1) is 0 Å². The normalized spacial score (nSPS) is 29.0. The fourth-order valence-corrected chi connectivity index (χ4v) is 2.94. The number of esters is 2. The monoisotopic (exact) mass is 370 g/mol. The molecule has 0 amide bonds. The second-order valence-corrected chi connectivity index (χ2v) is 6.30. The lowest BCUT2D eigenvalue weighted by atomic mass is 10.0. The van der Waals surface area contributed by atoms with E-state index in [0.29, 0.717) is 6.61 Å². The molecule has 7 nitrogen and oxygen atoms in total. The molecule has 0 aliphatic carbocycles. The van der Waals surface area contributed by atoms with Crippen LogP contribution < -0.4 is 0 Å². The molecule has 1 heterocycles. The first-order chi connectivity index (χ1) is 11.9. The van der Waals surface area contributed by atoms with Crippen molar-refractivity contribution in [2.75, 3.05) is 6.61 Å². The number of benzene rings is 1. The van der Waals surface area contributed by atoms with Gasteiger partial charge in [-0.05, 0) is 5.56 Å². The van der Waals surface area contributed by atoms with Gasteiger partial charge in [-0.25, -0.2) is 0 Å². The molecule has 0 bridgehead atoms. The SMILES string of the molecule is CC(=O)O[C@@H]1[C@@H](OC(C)=O)[C@@H](S)[C@@H](COCc2ccccc2)O[C@@H]1O. The number of hydrogen-bond acceptors (Lipinski definition) is 8. The van der Waals surface area contributed by atoms with Gasteiger partial charge in [-0.3, -0.25) is 9.59 Å². The Hall–Kier alpha value is -1.61. The fraction of sp³-hybridized carbons (Fsp3) is 0.529. The predicted octanol–water partition coefficient (Wildman–Crippen LogP) is 1.08. The van der Waals surface area contributed by atoms with Gasteiger partial charge in [0.25, 0.3) is 0 Å². The number of aliphatic hydroxyl groups excluding tert-OH is 1. The molecular formula is C17H22O7S. The molecule has 0 radical (unpaired) electrons. The molecule has 138 valence electrons. The Morgan fingerprint density at radius 3 is 2.32 bits per heavy atom. The van der Waals surface area contributed by atoms with Crippen molar-refractivity contribution in [3.05, 3.63) is 35.9 Å². The molecule has 0 aromatic heterocycles. The maximum atomic E-state index is 11.4. The van der Waals surface area contributed by atoms with E-state index in [0.717, 1.165) is 5.56 Å². The second-order valence-electron chi connectivity index (χ2n) is 5.70. The van der Waals surface area contributed by atoms with Crippen molar-refractivity contribution in [3.63, 3.8) is 0 Å². The summed E-state index contributed by atoms with van der Waals surface area (Å²) in [5, 5.41) is 9.49. The highest BCUT2D eigenvalue weighted by Crippen LogP contribution is 2.29. The van der Waals surface area contributed by atoms with Gasteiger partial charge in [-0.1, -0.05) is 30.3 Å². The van der Waals surface area contributed by atoms with Gasteiger partial charge in [0.15, 0.2) is 18.5 Å². The van der Waals surface area contributed by atoms with Crippen molar-refractivity contribution in [2.24, 2.45) is 0 Å². The van der Waals surface area contributed by atoms with E-state index in [-0.39, 0.29) is 6.61 Å². The number of rotatable bonds is 6. The first-order valence-electron chi connectivity index (χ1n) is 7.86. The minimum atomic E-state index is -1.44. The van der Waals surface area contributed by atoms with Crippen molar-refractivity contribution < 1.29 is 33.6 Å². The Labute approximate surface area is 151 Å². The Kier molecular flexibility index (Phi) is 7.24. The molecule has 0 spiro atoms. The van der Waals surface area contributed by atoms with Crippen LogP contribution in [0.25, 0.3) is 0 Å². The van der Waals surface area contributed by atoms with Gasteiger partial charge < -0.3 is 24.1 Å². The van der Waals surface area contributed by atoms with E-state index in [2.05, 4.69) is 12.6 Å². The van der Waals surface area contributed by atoms with Crippen molar-refractivity contribution in [2.45, 2.75) is 50.3 Å². The van der Waals surface area contributed by atoms with E-state index in [1.807, 2.05) is 30.3 Å². The fourth-order valence-electron chi connectivity index (χ4n) is 2.56. The second kappa shape index (κ2) is 9.19. The summed E-state index contributed by atoms with van der Waals surface area (Å²) in [6.07, 6.45) is -4.17. The Bertz CT molecular complexity index is 580. The van der Waals surface area contributed by atoms with Gasteiger partial charge in [0.05, 0.1) is 24.6 Å². The molecule has 1 aliphatic rings. The summed E-state index contributed by atoms with van der Waals surface area (Å²) in [7, 11) is 0. The standard InChI is InChI=1S/C17H22O7S/c1-10(18)22-14-15(23-11(2)19)17(20)24-13(16(14)25)9-21-8-12-6-4-3-5-7-12/h3-7,13-17,20,25H,8-9H2,1-2H3/t13-,14-,15-,16+,17+/m1/s1. The van der Waals surface area contributed by atoms with Crippen LogP contribution >= 0.6 is 12.6 Å². The number of hydrogen-bond donors (Lipinski definition) is 2. The molecule has 8 heteroatoms. The topological polar surface area (TPSA) is 91.3 Å². The average Bonchev–Trinajstić information content (AvgIpc) is 2.55. The van der Waals surface area contributed by atoms with Crippen LogP contribution in [0.5, 0.6) is 0 Å². The van der Waals surface area contributed by atoms with Gasteiger partial charge >= 0.3 is 11.9 Å². The lowest BCUT2D eigenvalue weighted by Crippen LogP contribution is -2.59. The molecule has 1 N–H and O–H groups in total. The molecule has 0 unspecified atom stereocenters. The summed E-state index contributed by atoms with van der Waals surface area (Å²) in [4.78, 5) is 22.6. The third-order valence-corrected chi connectivity index (χ3v) is 4.26. The van der Waals surface area contributed by atoms with Crippen LogP contribution in [0.15, 0.2) is 30.3 Å². The molecule has 2 rings (SSSR count). The van der Waals surface area contributed by atoms with E-state index in [4.69, 9.17) is 18.9 Å². The third-order valence-electron chi connectivity index (χ3n) is 3.63. The molecular weight excluding hydrogens is 348 g/mol. The summed E-state index contributed by atoms with van der Waals surface area (Å²) in [5.74, 6) is -1.19. The van der Waals surface area contributed by atoms with Crippen LogP contribution in [0.3, 0.4) is 0 Å². The van der Waals surface area contributed by atoms with E-state index in [9.17, 15) is 14.7 Å². The smallest absolute Gasteiger partial charge is 0.303 e. The number of ether oxygens (including phenoxy) is 4. The zero-order valence-electron chi connectivity index (χ0n) is 14.0. The van der Waals surface area contributed by atoms with Gasteiger partial charge in [-0.2, -0.15) is 12.6 Å². The van der Waals surface area contributed by atoms with Gasteiger partial charge in [0.1, 0.15) is 0 Å². The highest BCUT2D eigenvalue weighted by molar-refractivity contribution is 7.81.